The van der Waals surface area contributed by atoms with E-state index in [4.69, 9.17) is 25.2 Å². The average Bonchev–Trinajstić information content (AvgIpc) is 2.34. The number of carboxylic acids is 2. The molecule has 0 aromatic rings. The van der Waals surface area contributed by atoms with E-state index in [0.29, 0.717) is 12.3 Å². The van der Waals surface area contributed by atoms with E-state index in [1.807, 2.05) is 6.92 Å². The Kier molecular flexibility index (Phi) is 13.1. The van der Waals surface area contributed by atoms with Crippen molar-refractivity contribution in [2.45, 2.75) is 52.1 Å². The number of unbranched alkanes of at least 4 members (excludes halogenated alkanes) is 1. The monoisotopic (exact) mass is 264 g/mol. The van der Waals surface area contributed by atoms with Gasteiger partial charge >= 0.3 is 11.9 Å². The molecule has 18 heavy (non-hydrogen) atoms. The molecule has 0 radical (unpaired) electrons. The van der Waals surface area contributed by atoms with E-state index in [1.165, 1.54) is 0 Å². The molecule has 0 heterocycles. The zero-order valence-electron chi connectivity index (χ0n) is 11.0. The van der Waals surface area contributed by atoms with Crippen LogP contribution in [0, 0.1) is 5.92 Å². The van der Waals surface area contributed by atoms with Gasteiger partial charge in [-0.15, -0.1) is 0 Å². The summed E-state index contributed by atoms with van der Waals surface area (Å²) < 4.78 is 0. The Bertz CT molecular complexity index is 229. The highest BCUT2D eigenvalue weighted by molar-refractivity contribution is 5.71. The maximum Gasteiger partial charge on any atom is 0.332 e. The van der Waals surface area contributed by atoms with Gasteiger partial charge in [-0.3, -0.25) is 0 Å². The summed E-state index contributed by atoms with van der Waals surface area (Å²) in [6.07, 6.45) is 3.43. The van der Waals surface area contributed by atoms with E-state index < -0.39 is 24.6 Å². The molecule has 0 aliphatic rings. The van der Waals surface area contributed by atoms with Gasteiger partial charge < -0.3 is 20.4 Å². The molecule has 2 atom stereocenters. The number of hydrogen-bond acceptors (Lipinski definition) is 4. The first-order valence-electron chi connectivity index (χ1n) is 6.12. The van der Waals surface area contributed by atoms with Crippen LogP contribution >= 0.6 is 0 Å². The van der Waals surface area contributed by atoms with Crippen molar-refractivity contribution in [3.8, 4) is 0 Å². The Morgan fingerprint density at radius 2 is 1.67 bits per heavy atom. The largest absolute Gasteiger partial charge is 0.480 e. The molecule has 2 unspecified atom stereocenters. The Labute approximate surface area is 107 Å². The maximum absolute atomic E-state index is 10.4. The van der Waals surface area contributed by atoms with E-state index in [2.05, 4.69) is 6.92 Å². The highest BCUT2D eigenvalue weighted by Gasteiger charge is 2.18. The molecule has 0 spiro atoms. The van der Waals surface area contributed by atoms with E-state index in [-0.39, 0.29) is 0 Å². The summed E-state index contributed by atoms with van der Waals surface area (Å²) in [4.78, 5) is 19.5. The van der Waals surface area contributed by atoms with Crippen molar-refractivity contribution in [3.63, 3.8) is 0 Å². The van der Waals surface area contributed by atoms with Crippen molar-refractivity contribution in [1.82, 2.24) is 0 Å². The SMILES string of the molecule is CCCCC(CC)CC(O)C(=O)O.O=C(O)CO. The lowest BCUT2D eigenvalue weighted by molar-refractivity contribution is -0.147. The summed E-state index contributed by atoms with van der Waals surface area (Å²) in [7, 11) is 0. The van der Waals surface area contributed by atoms with Gasteiger partial charge in [0.1, 0.15) is 6.61 Å². The molecule has 0 amide bonds. The molecule has 6 nitrogen and oxygen atoms in total. The van der Waals surface area contributed by atoms with Crippen molar-refractivity contribution < 1.29 is 30.0 Å². The van der Waals surface area contributed by atoms with E-state index >= 15 is 0 Å². The van der Waals surface area contributed by atoms with E-state index in [0.717, 1.165) is 25.7 Å². The van der Waals surface area contributed by atoms with Gasteiger partial charge in [-0.25, -0.2) is 9.59 Å². The van der Waals surface area contributed by atoms with Gasteiger partial charge in [-0.2, -0.15) is 0 Å². The van der Waals surface area contributed by atoms with Crippen LogP contribution in [0.5, 0.6) is 0 Å². The highest BCUT2D eigenvalue weighted by atomic mass is 16.4. The lowest BCUT2D eigenvalue weighted by atomic mass is 9.93. The molecular weight excluding hydrogens is 240 g/mol. The van der Waals surface area contributed by atoms with Crippen molar-refractivity contribution in [2.75, 3.05) is 6.61 Å². The van der Waals surface area contributed by atoms with Gasteiger partial charge in [0.15, 0.2) is 6.10 Å². The molecule has 0 rings (SSSR count). The Balaban J connectivity index is 0. The lowest BCUT2D eigenvalue weighted by Gasteiger charge is -2.15. The molecule has 0 aromatic carbocycles. The minimum absolute atomic E-state index is 0.353. The normalized spacial score (nSPS) is 13.1. The summed E-state index contributed by atoms with van der Waals surface area (Å²) in [5.41, 5.74) is 0. The fourth-order valence-electron chi connectivity index (χ4n) is 1.40. The van der Waals surface area contributed by atoms with Crippen LogP contribution in [0.2, 0.25) is 0 Å². The lowest BCUT2D eigenvalue weighted by Crippen LogP contribution is -2.22. The third-order valence-electron chi connectivity index (χ3n) is 2.52. The molecule has 0 bridgehead atoms. The Morgan fingerprint density at radius 3 is 1.94 bits per heavy atom. The predicted molar refractivity (Wildman–Crippen MR) is 66.3 cm³/mol. The first-order chi connectivity index (χ1) is 8.38. The van der Waals surface area contributed by atoms with Crippen LogP contribution in [0.3, 0.4) is 0 Å². The quantitative estimate of drug-likeness (QED) is 0.522. The van der Waals surface area contributed by atoms with Crippen LogP contribution in [0.25, 0.3) is 0 Å². The summed E-state index contributed by atoms with van der Waals surface area (Å²) in [6.45, 7) is 3.37. The van der Waals surface area contributed by atoms with Gasteiger partial charge in [-0.05, 0) is 12.3 Å². The number of aliphatic carboxylic acids is 2. The first-order valence-corrected chi connectivity index (χ1v) is 6.12. The fraction of sp³-hybridized carbons (Fsp3) is 0.833. The zero-order valence-corrected chi connectivity index (χ0v) is 11.0. The number of carboxylic acid groups (broad SMARTS) is 2. The standard InChI is InChI=1S/C10H20O3.C2H4O3/c1-3-5-6-8(4-2)7-9(11)10(12)13;3-1-2(4)5/h8-9,11H,3-7H2,1-2H3,(H,12,13);3H,1H2,(H,4,5). The molecule has 108 valence electrons. The third kappa shape index (κ3) is 12.9. The topological polar surface area (TPSA) is 115 Å². The number of hydrogen-bond donors (Lipinski definition) is 4. The second-order valence-corrected chi connectivity index (χ2v) is 4.06. The second-order valence-electron chi connectivity index (χ2n) is 4.06. The van der Waals surface area contributed by atoms with Crippen LogP contribution in [0.15, 0.2) is 0 Å². The molecular formula is C12H24O6. The maximum atomic E-state index is 10.4. The molecule has 0 saturated carbocycles. The van der Waals surface area contributed by atoms with Crippen molar-refractivity contribution in [1.29, 1.82) is 0 Å². The Morgan fingerprint density at radius 1 is 1.17 bits per heavy atom. The van der Waals surface area contributed by atoms with Crippen LogP contribution < -0.4 is 0 Å². The van der Waals surface area contributed by atoms with Crippen molar-refractivity contribution in [2.24, 2.45) is 5.92 Å². The predicted octanol–water partition coefficient (Wildman–Crippen LogP) is 1.10. The second kappa shape index (κ2) is 12.3. The Hall–Kier alpha value is -1.14. The van der Waals surface area contributed by atoms with Crippen LogP contribution in [0.4, 0.5) is 0 Å². The minimum atomic E-state index is -1.19. The van der Waals surface area contributed by atoms with Gasteiger partial charge in [0.05, 0.1) is 0 Å². The number of aliphatic hydroxyl groups is 2. The van der Waals surface area contributed by atoms with Gasteiger partial charge in [0, 0.05) is 0 Å². The van der Waals surface area contributed by atoms with Crippen molar-refractivity contribution >= 4 is 11.9 Å². The van der Waals surface area contributed by atoms with Crippen LogP contribution in [-0.4, -0.2) is 45.1 Å². The third-order valence-corrected chi connectivity index (χ3v) is 2.52. The number of rotatable bonds is 8. The fourth-order valence-corrected chi connectivity index (χ4v) is 1.40. The molecule has 0 fully saturated rings. The summed E-state index contributed by atoms with van der Waals surface area (Å²) >= 11 is 0. The average molecular weight is 264 g/mol. The smallest absolute Gasteiger partial charge is 0.332 e. The highest BCUT2D eigenvalue weighted by Crippen LogP contribution is 2.18. The molecule has 0 aromatic heterocycles. The number of carbonyl (C=O) groups is 2. The van der Waals surface area contributed by atoms with Crippen LogP contribution in [-0.2, 0) is 9.59 Å². The van der Waals surface area contributed by atoms with Crippen molar-refractivity contribution in [3.05, 3.63) is 0 Å². The van der Waals surface area contributed by atoms with Gasteiger partial charge in [0.2, 0.25) is 0 Å². The molecule has 6 heteroatoms. The van der Waals surface area contributed by atoms with Crippen LogP contribution in [0.1, 0.15) is 46.0 Å². The first kappa shape index (κ1) is 19.2. The minimum Gasteiger partial charge on any atom is -0.480 e. The van der Waals surface area contributed by atoms with Gasteiger partial charge in [-0.1, -0.05) is 39.5 Å². The van der Waals surface area contributed by atoms with E-state index in [1.54, 1.807) is 0 Å². The molecule has 0 aliphatic carbocycles. The van der Waals surface area contributed by atoms with Gasteiger partial charge in [0.25, 0.3) is 0 Å². The summed E-state index contributed by atoms with van der Waals surface area (Å²) in [5, 5.41) is 32.6. The molecule has 0 aliphatic heterocycles. The van der Waals surface area contributed by atoms with E-state index in [9.17, 15) is 4.79 Å². The number of aliphatic hydroxyl groups excluding tert-OH is 2. The summed E-state index contributed by atoms with van der Waals surface area (Å²) in [6, 6.07) is 0. The zero-order chi connectivity index (χ0) is 14.6. The summed E-state index contributed by atoms with van der Waals surface area (Å²) in [5.74, 6) is -1.94. The molecule has 4 N–H and O–H groups in total. The molecule has 0 saturated heterocycles.